The van der Waals surface area contributed by atoms with Gasteiger partial charge in [-0.1, -0.05) is 71.9 Å². The average molecular weight is 275 g/mol. The van der Waals surface area contributed by atoms with Crippen molar-refractivity contribution < 1.29 is 4.79 Å². The lowest BCUT2D eigenvalue weighted by Crippen LogP contribution is -2.47. The van der Waals surface area contributed by atoms with E-state index >= 15 is 0 Å². The van der Waals surface area contributed by atoms with E-state index in [0.29, 0.717) is 0 Å². The highest BCUT2D eigenvalue weighted by atomic mass is 16.1. The van der Waals surface area contributed by atoms with Gasteiger partial charge in [0.15, 0.2) is 5.78 Å². The standard InChI is InChI=1S/C18H29NO/c1-17(2,3)13-19-15(16(20)18(4,5)6)12-14-10-8-7-9-11-14/h7-11,15,19H,12-13H2,1-6H3. The summed E-state index contributed by atoms with van der Waals surface area (Å²) >= 11 is 0. The van der Waals surface area contributed by atoms with Gasteiger partial charge in [-0.3, -0.25) is 4.79 Å². The highest BCUT2D eigenvalue weighted by Gasteiger charge is 2.30. The number of nitrogens with one attached hydrogen (secondary N) is 1. The van der Waals surface area contributed by atoms with E-state index < -0.39 is 0 Å². The molecule has 0 radical (unpaired) electrons. The number of Topliss-reactive ketones (excluding diaryl/α,β-unsaturated/α-hetero) is 1. The van der Waals surface area contributed by atoms with Crippen molar-refractivity contribution in [3.63, 3.8) is 0 Å². The SMILES string of the molecule is CC(C)(C)CNC(Cc1ccccc1)C(=O)C(C)(C)C. The zero-order valence-corrected chi connectivity index (χ0v) is 13.8. The molecule has 0 aliphatic carbocycles. The van der Waals surface area contributed by atoms with Crippen LogP contribution >= 0.6 is 0 Å². The summed E-state index contributed by atoms with van der Waals surface area (Å²) in [5, 5.41) is 3.46. The van der Waals surface area contributed by atoms with E-state index in [4.69, 9.17) is 0 Å². The molecule has 112 valence electrons. The first-order valence-corrected chi connectivity index (χ1v) is 7.41. The largest absolute Gasteiger partial charge is 0.307 e. The first kappa shape index (κ1) is 16.9. The third-order valence-corrected chi connectivity index (χ3v) is 3.22. The van der Waals surface area contributed by atoms with Crippen molar-refractivity contribution in [2.24, 2.45) is 10.8 Å². The molecule has 1 unspecified atom stereocenters. The van der Waals surface area contributed by atoms with Crippen LogP contribution in [0, 0.1) is 10.8 Å². The zero-order chi connectivity index (χ0) is 15.4. The molecule has 1 aromatic rings. The molecule has 0 heterocycles. The van der Waals surface area contributed by atoms with Crippen LogP contribution in [0.25, 0.3) is 0 Å². The maximum absolute atomic E-state index is 12.6. The van der Waals surface area contributed by atoms with Crippen LogP contribution in [-0.2, 0) is 11.2 Å². The molecule has 0 saturated heterocycles. The molecule has 0 spiro atoms. The van der Waals surface area contributed by atoms with E-state index in [1.165, 1.54) is 5.56 Å². The summed E-state index contributed by atoms with van der Waals surface area (Å²) in [4.78, 5) is 12.6. The number of rotatable bonds is 5. The quantitative estimate of drug-likeness (QED) is 0.884. The van der Waals surface area contributed by atoms with Gasteiger partial charge in [0.05, 0.1) is 6.04 Å². The van der Waals surface area contributed by atoms with Crippen molar-refractivity contribution in [2.45, 2.75) is 54.0 Å². The summed E-state index contributed by atoms with van der Waals surface area (Å²) < 4.78 is 0. The molecule has 0 aliphatic heterocycles. The van der Waals surface area contributed by atoms with Crippen LogP contribution in [0.15, 0.2) is 30.3 Å². The van der Waals surface area contributed by atoms with E-state index in [9.17, 15) is 4.79 Å². The Kier molecular flexibility index (Phi) is 5.52. The molecular formula is C18H29NO. The summed E-state index contributed by atoms with van der Waals surface area (Å²) in [6.45, 7) is 13.4. The monoisotopic (exact) mass is 275 g/mol. The van der Waals surface area contributed by atoms with Crippen molar-refractivity contribution in [1.29, 1.82) is 0 Å². The third kappa shape index (κ3) is 5.87. The number of carbonyl (C=O) groups is 1. The second-order valence-electron chi connectivity index (χ2n) is 7.80. The number of hydrogen-bond donors (Lipinski definition) is 1. The van der Waals surface area contributed by atoms with Gasteiger partial charge in [0.2, 0.25) is 0 Å². The summed E-state index contributed by atoms with van der Waals surface area (Å²) in [5.74, 6) is 0.283. The Morgan fingerprint density at radius 2 is 1.60 bits per heavy atom. The van der Waals surface area contributed by atoms with E-state index in [1.54, 1.807) is 0 Å². The fraction of sp³-hybridized carbons (Fsp3) is 0.611. The average Bonchev–Trinajstić information content (AvgIpc) is 2.32. The smallest absolute Gasteiger partial charge is 0.155 e. The molecule has 2 nitrogen and oxygen atoms in total. The molecule has 0 bridgehead atoms. The van der Waals surface area contributed by atoms with E-state index in [0.717, 1.165) is 13.0 Å². The normalized spacial score (nSPS) is 14.1. The molecular weight excluding hydrogens is 246 g/mol. The third-order valence-electron chi connectivity index (χ3n) is 3.22. The van der Waals surface area contributed by atoms with Crippen LogP contribution in [0.2, 0.25) is 0 Å². The minimum Gasteiger partial charge on any atom is -0.307 e. The van der Waals surface area contributed by atoms with Crippen LogP contribution < -0.4 is 5.32 Å². The molecule has 1 aromatic carbocycles. The maximum atomic E-state index is 12.6. The molecule has 0 amide bonds. The fourth-order valence-electron chi connectivity index (χ4n) is 2.06. The van der Waals surface area contributed by atoms with Gasteiger partial charge in [-0.05, 0) is 17.4 Å². The molecule has 0 saturated carbocycles. The number of carbonyl (C=O) groups excluding carboxylic acids is 1. The van der Waals surface area contributed by atoms with Crippen molar-refractivity contribution >= 4 is 5.78 Å². The predicted octanol–water partition coefficient (Wildman–Crippen LogP) is 3.85. The van der Waals surface area contributed by atoms with E-state index in [-0.39, 0.29) is 22.7 Å². The van der Waals surface area contributed by atoms with Gasteiger partial charge < -0.3 is 5.32 Å². The second kappa shape index (κ2) is 6.53. The van der Waals surface area contributed by atoms with Gasteiger partial charge in [0.25, 0.3) is 0 Å². The Labute approximate surface area is 124 Å². The van der Waals surface area contributed by atoms with E-state index in [2.05, 4.69) is 38.2 Å². The first-order valence-electron chi connectivity index (χ1n) is 7.41. The van der Waals surface area contributed by atoms with Gasteiger partial charge in [-0.2, -0.15) is 0 Å². The van der Waals surface area contributed by atoms with Gasteiger partial charge in [-0.25, -0.2) is 0 Å². The number of benzene rings is 1. The lowest BCUT2D eigenvalue weighted by atomic mass is 9.83. The highest BCUT2D eigenvalue weighted by Crippen LogP contribution is 2.20. The number of hydrogen-bond acceptors (Lipinski definition) is 2. The maximum Gasteiger partial charge on any atom is 0.155 e. The van der Waals surface area contributed by atoms with E-state index in [1.807, 2.05) is 39.0 Å². The first-order chi connectivity index (χ1) is 9.09. The fourth-order valence-corrected chi connectivity index (χ4v) is 2.06. The van der Waals surface area contributed by atoms with Crippen molar-refractivity contribution in [3.05, 3.63) is 35.9 Å². The molecule has 1 atom stereocenters. The van der Waals surface area contributed by atoms with Crippen LogP contribution in [0.3, 0.4) is 0 Å². The number of ketones is 1. The summed E-state index contributed by atoms with van der Waals surface area (Å²) in [6, 6.07) is 10.1. The Morgan fingerprint density at radius 3 is 2.05 bits per heavy atom. The van der Waals surface area contributed by atoms with Gasteiger partial charge in [0, 0.05) is 12.0 Å². The van der Waals surface area contributed by atoms with Crippen molar-refractivity contribution in [1.82, 2.24) is 5.32 Å². The Hall–Kier alpha value is -1.15. The predicted molar refractivity (Wildman–Crippen MR) is 85.9 cm³/mol. The molecule has 1 N–H and O–H groups in total. The van der Waals surface area contributed by atoms with Gasteiger partial charge >= 0.3 is 0 Å². The van der Waals surface area contributed by atoms with Crippen LogP contribution in [0.5, 0.6) is 0 Å². The van der Waals surface area contributed by atoms with Crippen LogP contribution in [0.1, 0.15) is 47.1 Å². The van der Waals surface area contributed by atoms with Crippen LogP contribution in [0.4, 0.5) is 0 Å². The summed E-state index contributed by atoms with van der Waals surface area (Å²) in [7, 11) is 0. The second-order valence-corrected chi connectivity index (χ2v) is 7.80. The minimum atomic E-state index is -0.315. The lowest BCUT2D eigenvalue weighted by Gasteiger charge is -2.29. The van der Waals surface area contributed by atoms with Crippen molar-refractivity contribution in [2.75, 3.05) is 6.54 Å². The molecule has 2 heteroatoms. The molecule has 0 aliphatic rings. The topological polar surface area (TPSA) is 29.1 Å². The molecule has 0 aromatic heterocycles. The van der Waals surface area contributed by atoms with Gasteiger partial charge in [-0.15, -0.1) is 0 Å². The summed E-state index contributed by atoms with van der Waals surface area (Å²) in [6.07, 6.45) is 0.757. The van der Waals surface area contributed by atoms with Gasteiger partial charge in [0.1, 0.15) is 0 Å². The minimum absolute atomic E-state index is 0.114. The molecule has 1 rings (SSSR count). The lowest BCUT2D eigenvalue weighted by molar-refractivity contribution is -0.128. The molecule has 20 heavy (non-hydrogen) atoms. The highest BCUT2D eigenvalue weighted by molar-refractivity contribution is 5.89. The Morgan fingerprint density at radius 1 is 1.05 bits per heavy atom. The summed E-state index contributed by atoms with van der Waals surface area (Å²) in [5.41, 5.74) is 1.06. The Bertz CT molecular complexity index is 423. The Balaban J connectivity index is 2.82. The van der Waals surface area contributed by atoms with Crippen LogP contribution in [-0.4, -0.2) is 18.4 Å². The zero-order valence-electron chi connectivity index (χ0n) is 13.8. The molecule has 0 fully saturated rings. The van der Waals surface area contributed by atoms with Crippen molar-refractivity contribution in [3.8, 4) is 0 Å².